The maximum absolute atomic E-state index is 12.8. The summed E-state index contributed by atoms with van der Waals surface area (Å²) in [6.07, 6.45) is 73.0. The van der Waals surface area contributed by atoms with Gasteiger partial charge < -0.3 is 14.2 Å². The molecule has 6 nitrogen and oxygen atoms in total. The van der Waals surface area contributed by atoms with E-state index in [0.717, 1.165) is 116 Å². The van der Waals surface area contributed by atoms with Crippen molar-refractivity contribution in [2.24, 2.45) is 0 Å². The Balaban J connectivity index is 4.58. The largest absolute Gasteiger partial charge is 0.462 e. The number of esters is 3. The van der Waals surface area contributed by atoms with Gasteiger partial charge in [-0.2, -0.15) is 0 Å². The van der Waals surface area contributed by atoms with Crippen molar-refractivity contribution < 1.29 is 28.6 Å². The van der Waals surface area contributed by atoms with Crippen LogP contribution in [0.2, 0.25) is 0 Å². The third kappa shape index (κ3) is 50.4. The van der Waals surface area contributed by atoms with Crippen LogP contribution in [0.15, 0.2) is 134 Å². The minimum Gasteiger partial charge on any atom is -0.462 e. The van der Waals surface area contributed by atoms with Gasteiger partial charge in [0.25, 0.3) is 0 Å². The second-order valence-corrected chi connectivity index (χ2v) is 16.4. The average molecular weight is 897 g/mol. The zero-order chi connectivity index (χ0) is 47.2. The van der Waals surface area contributed by atoms with E-state index in [9.17, 15) is 14.4 Å². The zero-order valence-corrected chi connectivity index (χ0v) is 41.4. The molecule has 1 unspecified atom stereocenters. The van der Waals surface area contributed by atoms with Gasteiger partial charge in [-0.15, -0.1) is 0 Å². The van der Waals surface area contributed by atoms with Gasteiger partial charge >= 0.3 is 17.9 Å². The van der Waals surface area contributed by atoms with Crippen molar-refractivity contribution >= 4 is 17.9 Å². The summed E-state index contributed by atoms with van der Waals surface area (Å²) in [5, 5.41) is 0. The molecular formula is C59H92O6. The first-order chi connectivity index (χ1) is 32.0. The van der Waals surface area contributed by atoms with E-state index < -0.39 is 6.10 Å². The Morgan fingerprint density at radius 2 is 0.677 bits per heavy atom. The number of carbonyl (C=O) groups is 3. The van der Waals surface area contributed by atoms with Crippen LogP contribution in [0, 0.1) is 0 Å². The molecule has 0 aromatic carbocycles. The Bertz CT molecular complexity index is 1450. The van der Waals surface area contributed by atoms with Crippen LogP contribution in [0.3, 0.4) is 0 Å². The lowest BCUT2D eigenvalue weighted by Gasteiger charge is -2.18. The van der Waals surface area contributed by atoms with Gasteiger partial charge in [0.2, 0.25) is 0 Å². The van der Waals surface area contributed by atoms with E-state index in [1.54, 1.807) is 0 Å². The van der Waals surface area contributed by atoms with Crippen LogP contribution in [0.25, 0.3) is 0 Å². The molecule has 0 heterocycles. The van der Waals surface area contributed by atoms with Crippen LogP contribution < -0.4 is 0 Å². The van der Waals surface area contributed by atoms with Crippen LogP contribution in [-0.4, -0.2) is 37.2 Å². The van der Waals surface area contributed by atoms with E-state index >= 15 is 0 Å². The lowest BCUT2D eigenvalue weighted by Crippen LogP contribution is -2.30. The van der Waals surface area contributed by atoms with E-state index in [0.29, 0.717) is 19.3 Å². The van der Waals surface area contributed by atoms with E-state index in [2.05, 4.69) is 154 Å². The molecule has 0 amide bonds. The highest BCUT2D eigenvalue weighted by Crippen LogP contribution is 2.11. The molecule has 0 rings (SSSR count). The quantitative estimate of drug-likeness (QED) is 0.0199. The molecule has 0 saturated carbocycles. The van der Waals surface area contributed by atoms with Gasteiger partial charge in [0.1, 0.15) is 13.2 Å². The zero-order valence-electron chi connectivity index (χ0n) is 41.4. The van der Waals surface area contributed by atoms with Crippen molar-refractivity contribution in [3.05, 3.63) is 134 Å². The Hall–Kier alpha value is -4.45. The number of unbranched alkanes of at least 4 members (excludes halogenated alkanes) is 13. The van der Waals surface area contributed by atoms with E-state index in [1.165, 1.54) is 32.1 Å². The molecule has 0 radical (unpaired) electrons. The molecule has 6 heteroatoms. The van der Waals surface area contributed by atoms with Gasteiger partial charge in [-0.3, -0.25) is 14.4 Å². The highest BCUT2D eigenvalue weighted by molar-refractivity contribution is 5.71. The molecule has 0 aromatic rings. The summed E-state index contributed by atoms with van der Waals surface area (Å²) >= 11 is 0. The van der Waals surface area contributed by atoms with Crippen LogP contribution in [0.5, 0.6) is 0 Å². The Kier molecular flexibility index (Phi) is 48.6. The van der Waals surface area contributed by atoms with E-state index in [-0.39, 0.29) is 44.0 Å². The van der Waals surface area contributed by atoms with Crippen molar-refractivity contribution in [1.82, 2.24) is 0 Å². The van der Waals surface area contributed by atoms with Crippen LogP contribution in [-0.2, 0) is 28.6 Å². The van der Waals surface area contributed by atoms with Crippen molar-refractivity contribution in [1.29, 1.82) is 0 Å². The maximum atomic E-state index is 12.8. The monoisotopic (exact) mass is 897 g/mol. The molecule has 0 saturated heterocycles. The number of rotatable bonds is 44. The van der Waals surface area contributed by atoms with Gasteiger partial charge in [-0.1, -0.05) is 199 Å². The summed E-state index contributed by atoms with van der Waals surface area (Å²) in [6, 6.07) is 0. The molecule has 364 valence electrons. The number of carbonyl (C=O) groups excluding carboxylic acids is 3. The fraction of sp³-hybridized carbons (Fsp3) is 0.576. The van der Waals surface area contributed by atoms with Crippen molar-refractivity contribution in [3.63, 3.8) is 0 Å². The van der Waals surface area contributed by atoms with Gasteiger partial charge in [0, 0.05) is 19.3 Å². The van der Waals surface area contributed by atoms with Gasteiger partial charge in [0.05, 0.1) is 0 Å². The van der Waals surface area contributed by atoms with Gasteiger partial charge in [-0.05, 0) is 116 Å². The van der Waals surface area contributed by atoms with Crippen molar-refractivity contribution in [3.8, 4) is 0 Å². The molecular weight excluding hydrogens is 805 g/mol. The molecule has 0 aromatic heterocycles. The van der Waals surface area contributed by atoms with Gasteiger partial charge in [-0.25, -0.2) is 0 Å². The maximum Gasteiger partial charge on any atom is 0.306 e. The van der Waals surface area contributed by atoms with E-state index in [4.69, 9.17) is 14.2 Å². The summed E-state index contributed by atoms with van der Waals surface area (Å²) in [4.78, 5) is 37.9. The first-order valence-electron chi connectivity index (χ1n) is 25.7. The minimum absolute atomic E-state index is 0.129. The molecule has 0 bridgehead atoms. The molecule has 0 aliphatic carbocycles. The second kappa shape index (κ2) is 52.2. The molecule has 65 heavy (non-hydrogen) atoms. The van der Waals surface area contributed by atoms with E-state index in [1.807, 2.05) is 0 Å². The van der Waals surface area contributed by atoms with Crippen molar-refractivity contribution in [2.45, 2.75) is 207 Å². The molecule has 0 N–H and O–H groups in total. The smallest absolute Gasteiger partial charge is 0.306 e. The molecule has 1 atom stereocenters. The number of hydrogen-bond acceptors (Lipinski definition) is 6. The first kappa shape index (κ1) is 60.5. The lowest BCUT2D eigenvalue weighted by molar-refractivity contribution is -0.167. The average Bonchev–Trinajstić information content (AvgIpc) is 3.30. The summed E-state index contributed by atoms with van der Waals surface area (Å²) in [5.41, 5.74) is 0. The fourth-order valence-corrected chi connectivity index (χ4v) is 6.37. The predicted octanol–water partition coefficient (Wildman–Crippen LogP) is 17.1. The predicted molar refractivity (Wildman–Crippen MR) is 279 cm³/mol. The van der Waals surface area contributed by atoms with Crippen LogP contribution >= 0.6 is 0 Å². The molecule has 0 fully saturated rings. The molecule has 0 spiro atoms. The minimum atomic E-state index is -0.836. The summed E-state index contributed by atoms with van der Waals surface area (Å²) in [7, 11) is 0. The topological polar surface area (TPSA) is 78.9 Å². The standard InChI is InChI=1S/C59H92O6/c1-4-7-10-13-16-19-22-25-27-29-31-32-34-37-40-43-46-49-52-58(61)64-55-56(54-63-57(60)51-48-45-42-39-36-24-21-18-15-12-9-6-3)65-59(62)53-50-47-44-41-38-35-33-30-28-26-23-20-17-14-11-8-5-2/h8-9,11-12,17-18,20-22,25-29,31-33,35-36,39,41,44,56H,4-7,10,13-16,19,23-24,30,34,37-38,40,42-43,45-55H2,1-3H3/b11-8-,12-9-,20-17-,21-18-,25-22-,28-26-,29-27-,32-31-,35-33-,39-36-,44-41-. The Morgan fingerprint density at radius 3 is 1.14 bits per heavy atom. The molecule has 0 aliphatic rings. The summed E-state index contributed by atoms with van der Waals surface area (Å²) in [5.74, 6) is -1.06. The summed E-state index contributed by atoms with van der Waals surface area (Å²) < 4.78 is 16.7. The van der Waals surface area contributed by atoms with Crippen molar-refractivity contribution in [2.75, 3.05) is 13.2 Å². The van der Waals surface area contributed by atoms with Gasteiger partial charge in [0.15, 0.2) is 6.10 Å². The highest BCUT2D eigenvalue weighted by atomic mass is 16.6. The normalized spacial score (nSPS) is 13.2. The number of hydrogen-bond donors (Lipinski definition) is 0. The second-order valence-electron chi connectivity index (χ2n) is 16.4. The highest BCUT2D eigenvalue weighted by Gasteiger charge is 2.19. The fourth-order valence-electron chi connectivity index (χ4n) is 6.37. The lowest BCUT2D eigenvalue weighted by atomic mass is 10.1. The van der Waals surface area contributed by atoms with Crippen LogP contribution in [0.4, 0.5) is 0 Å². The molecule has 0 aliphatic heterocycles. The SMILES string of the molecule is CC/C=C\C/C=C\C/C=C\C/C=C\C/C=C\CCCC(=O)OC(COC(=O)CCCC/C=C\C/C=C\C/C=C\CC)COC(=O)CCCCCCC\C=C/C=C\C=C/CCCCCCC. The summed E-state index contributed by atoms with van der Waals surface area (Å²) in [6.45, 7) is 6.27. The first-order valence-corrected chi connectivity index (χ1v) is 25.7. The number of ether oxygens (including phenoxy) is 3. The Labute approximate surface area is 398 Å². The Morgan fingerprint density at radius 1 is 0.338 bits per heavy atom. The van der Waals surface area contributed by atoms with Crippen LogP contribution in [0.1, 0.15) is 201 Å². The third-order valence-corrected chi connectivity index (χ3v) is 10.2. The number of allylic oxidation sites excluding steroid dienone is 22. The third-order valence-electron chi connectivity index (χ3n) is 10.2.